The zero-order valence-corrected chi connectivity index (χ0v) is 10.5. The Morgan fingerprint density at radius 2 is 2.11 bits per heavy atom. The molecular formula is C12H10ClFN2O2. The number of halogens is 2. The Labute approximate surface area is 108 Å². The summed E-state index contributed by atoms with van der Waals surface area (Å²) in [6, 6.07) is 3.92. The van der Waals surface area contributed by atoms with E-state index in [0.29, 0.717) is 21.8 Å². The van der Waals surface area contributed by atoms with Gasteiger partial charge < -0.3 is 5.11 Å². The van der Waals surface area contributed by atoms with Gasteiger partial charge in [0.1, 0.15) is 5.82 Å². The molecule has 2 aromatic rings. The molecule has 1 aromatic carbocycles. The molecular weight excluding hydrogens is 259 g/mol. The van der Waals surface area contributed by atoms with Gasteiger partial charge in [-0.1, -0.05) is 11.6 Å². The van der Waals surface area contributed by atoms with E-state index in [1.54, 1.807) is 14.0 Å². The van der Waals surface area contributed by atoms with E-state index in [0.717, 1.165) is 0 Å². The summed E-state index contributed by atoms with van der Waals surface area (Å²) in [5, 5.41) is 13.0. The number of hydrogen-bond acceptors (Lipinski definition) is 2. The van der Waals surface area contributed by atoms with Crippen LogP contribution in [0.3, 0.4) is 0 Å². The number of carbonyl (C=O) groups is 1. The van der Waals surface area contributed by atoms with Gasteiger partial charge in [-0.05, 0) is 30.7 Å². The van der Waals surface area contributed by atoms with E-state index in [1.807, 2.05) is 0 Å². The Kier molecular flexibility index (Phi) is 3.09. The first-order valence-corrected chi connectivity index (χ1v) is 5.51. The van der Waals surface area contributed by atoms with E-state index in [1.165, 1.54) is 22.9 Å². The highest BCUT2D eigenvalue weighted by atomic mass is 35.5. The second-order valence-corrected chi connectivity index (χ2v) is 4.31. The average molecular weight is 269 g/mol. The van der Waals surface area contributed by atoms with Gasteiger partial charge in [-0.3, -0.25) is 4.68 Å². The quantitative estimate of drug-likeness (QED) is 0.911. The maximum atomic E-state index is 13.4. The van der Waals surface area contributed by atoms with Crippen LogP contribution in [0, 0.1) is 12.7 Å². The standard InChI is InChI=1S/C12H10ClFN2O2/c1-6-8(3-7(14)4-9(6)13)11-5-10(12(17)18)15-16(11)2/h3-5H,1-2H3,(H,17,18). The minimum absolute atomic E-state index is 0.0905. The molecule has 0 saturated heterocycles. The number of benzene rings is 1. The molecule has 1 aromatic heterocycles. The van der Waals surface area contributed by atoms with Crippen molar-refractivity contribution in [3.8, 4) is 11.3 Å². The Morgan fingerprint density at radius 3 is 2.67 bits per heavy atom. The molecule has 0 aliphatic carbocycles. The van der Waals surface area contributed by atoms with Gasteiger partial charge in [-0.25, -0.2) is 9.18 Å². The average Bonchev–Trinajstić information content (AvgIpc) is 2.66. The van der Waals surface area contributed by atoms with Gasteiger partial charge >= 0.3 is 5.97 Å². The summed E-state index contributed by atoms with van der Waals surface area (Å²) < 4.78 is 14.8. The molecule has 1 N–H and O–H groups in total. The van der Waals surface area contributed by atoms with Crippen molar-refractivity contribution in [3.05, 3.63) is 40.3 Å². The molecule has 0 spiro atoms. The zero-order chi connectivity index (χ0) is 13.4. The molecule has 18 heavy (non-hydrogen) atoms. The lowest BCUT2D eigenvalue weighted by Crippen LogP contribution is -1.99. The lowest BCUT2D eigenvalue weighted by Gasteiger charge is -2.08. The van der Waals surface area contributed by atoms with E-state index in [9.17, 15) is 9.18 Å². The molecule has 4 nitrogen and oxygen atoms in total. The van der Waals surface area contributed by atoms with Crippen LogP contribution in [0.1, 0.15) is 16.1 Å². The van der Waals surface area contributed by atoms with Crippen LogP contribution in [-0.2, 0) is 7.05 Å². The first-order valence-electron chi connectivity index (χ1n) is 5.13. The minimum atomic E-state index is -1.13. The molecule has 0 radical (unpaired) electrons. The molecule has 0 fully saturated rings. The number of aromatic nitrogens is 2. The molecule has 2 rings (SSSR count). The van der Waals surface area contributed by atoms with Gasteiger partial charge in [0.25, 0.3) is 0 Å². The third kappa shape index (κ3) is 2.09. The highest BCUT2D eigenvalue weighted by Gasteiger charge is 2.16. The first kappa shape index (κ1) is 12.6. The van der Waals surface area contributed by atoms with Crippen LogP contribution in [0.5, 0.6) is 0 Å². The molecule has 0 amide bonds. The lowest BCUT2D eigenvalue weighted by atomic mass is 10.1. The van der Waals surface area contributed by atoms with E-state index < -0.39 is 11.8 Å². The number of aryl methyl sites for hydroxylation is 1. The third-order valence-electron chi connectivity index (χ3n) is 2.68. The SMILES string of the molecule is Cc1c(Cl)cc(F)cc1-c1cc(C(=O)O)nn1C. The molecule has 0 saturated carbocycles. The molecule has 6 heteroatoms. The van der Waals surface area contributed by atoms with Crippen LogP contribution in [0.4, 0.5) is 4.39 Å². The topological polar surface area (TPSA) is 55.1 Å². The van der Waals surface area contributed by atoms with E-state index >= 15 is 0 Å². The highest BCUT2D eigenvalue weighted by Crippen LogP contribution is 2.29. The van der Waals surface area contributed by atoms with E-state index in [2.05, 4.69) is 5.10 Å². The smallest absolute Gasteiger partial charge is 0.356 e. The summed E-state index contributed by atoms with van der Waals surface area (Å²) in [5.74, 6) is -1.60. The number of hydrogen-bond donors (Lipinski definition) is 1. The molecule has 0 unspecified atom stereocenters. The fraction of sp³-hybridized carbons (Fsp3) is 0.167. The number of aromatic carboxylic acids is 1. The zero-order valence-electron chi connectivity index (χ0n) is 9.74. The fourth-order valence-electron chi connectivity index (χ4n) is 1.74. The van der Waals surface area contributed by atoms with Crippen molar-refractivity contribution in [2.45, 2.75) is 6.92 Å². The molecule has 1 heterocycles. The maximum absolute atomic E-state index is 13.4. The van der Waals surface area contributed by atoms with Crippen LogP contribution in [0.2, 0.25) is 5.02 Å². The molecule has 94 valence electrons. The molecule has 0 aliphatic heterocycles. The minimum Gasteiger partial charge on any atom is -0.476 e. The predicted octanol–water partition coefficient (Wildman–Crippen LogP) is 2.89. The Bertz CT molecular complexity index is 637. The first-order chi connectivity index (χ1) is 8.40. The number of carboxylic acids is 1. The molecule has 0 aliphatic rings. The Hall–Kier alpha value is -1.88. The van der Waals surface area contributed by atoms with Crippen molar-refractivity contribution in [2.75, 3.05) is 0 Å². The van der Waals surface area contributed by atoms with Gasteiger partial charge in [-0.15, -0.1) is 0 Å². The number of carboxylic acid groups (broad SMARTS) is 1. The molecule has 0 atom stereocenters. The Morgan fingerprint density at radius 1 is 1.44 bits per heavy atom. The normalized spacial score (nSPS) is 10.7. The number of nitrogens with zero attached hydrogens (tertiary/aromatic N) is 2. The summed E-state index contributed by atoms with van der Waals surface area (Å²) in [5.41, 5.74) is 1.62. The summed E-state index contributed by atoms with van der Waals surface area (Å²) >= 11 is 5.90. The molecule has 0 bridgehead atoms. The largest absolute Gasteiger partial charge is 0.476 e. The van der Waals surface area contributed by atoms with Crippen molar-refractivity contribution in [2.24, 2.45) is 7.05 Å². The van der Waals surface area contributed by atoms with Gasteiger partial charge in [0.05, 0.1) is 5.69 Å². The second-order valence-electron chi connectivity index (χ2n) is 3.90. The third-order valence-corrected chi connectivity index (χ3v) is 3.08. The summed E-state index contributed by atoms with van der Waals surface area (Å²) in [7, 11) is 1.60. The van der Waals surface area contributed by atoms with Crippen molar-refractivity contribution in [1.82, 2.24) is 9.78 Å². The highest BCUT2D eigenvalue weighted by molar-refractivity contribution is 6.31. The van der Waals surface area contributed by atoms with Crippen molar-refractivity contribution in [1.29, 1.82) is 0 Å². The number of rotatable bonds is 2. The van der Waals surface area contributed by atoms with Crippen LogP contribution in [-0.4, -0.2) is 20.9 Å². The lowest BCUT2D eigenvalue weighted by molar-refractivity contribution is 0.0689. The second kappa shape index (κ2) is 4.42. The van der Waals surface area contributed by atoms with Crippen LogP contribution >= 0.6 is 11.6 Å². The van der Waals surface area contributed by atoms with E-state index in [4.69, 9.17) is 16.7 Å². The van der Waals surface area contributed by atoms with Gasteiger partial charge in [0, 0.05) is 17.6 Å². The van der Waals surface area contributed by atoms with Crippen molar-refractivity contribution < 1.29 is 14.3 Å². The van der Waals surface area contributed by atoms with Gasteiger partial charge in [0.2, 0.25) is 0 Å². The van der Waals surface area contributed by atoms with E-state index in [-0.39, 0.29) is 5.69 Å². The maximum Gasteiger partial charge on any atom is 0.356 e. The van der Waals surface area contributed by atoms with Crippen molar-refractivity contribution in [3.63, 3.8) is 0 Å². The summed E-state index contributed by atoms with van der Waals surface area (Å²) in [4.78, 5) is 10.8. The van der Waals surface area contributed by atoms with Gasteiger partial charge in [-0.2, -0.15) is 5.10 Å². The van der Waals surface area contributed by atoms with Crippen LogP contribution in [0.15, 0.2) is 18.2 Å². The van der Waals surface area contributed by atoms with Crippen LogP contribution < -0.4 is 0 Å². The monoisotopic (exact) mass is 268 g/mol. The fourth-order valence-corrected chi connectivity index (χ4v) is 1.94. The Balaban J connectivity index is 2.65. The van der Waals surface area contributed by atoms with Gasteiger partial charge in [0.15, 0.2) is 5.69 Å². The predicted molar refractivity (Wildman–Crippen MR) is 65.3 cm³/mol. The summed E-state index contributed by atoms with van der Waals surface area (Å²) in [6.07, 6.45) is 0. The van der Waals surface area contributed by atoms with Crippen molar-refractivity contribution >= 4 is 17.6 Å². The summed E-state index contributed by atoms with van der Waals surface area (Å²) in [6.45, 7) is 1.74. The van der Waals surface area contributed by atoms with Crippen LogP contribution in [0.25, 0.3) is 11.3 Å².